The van der Waals surface area contributed by atoms with Gasteiger partial charge in [-0.1, -0.05) is 28.4 Å². The number of nitrogens with zero attached hydrogens (tertiary/aromatic N) is 4. The molecule has 0 unspecified atom stereocenters. The second kappa shape index (κ2) is 12.3. The van der Waals surface area contributed by atoms with E-state index < -0.39 is 10.1 Å². The fourth-order valence-electron chi connectivity index (χ4n) is 4.82. The van der Waals surface area contributed by atoms with E-state index in [1.54, 1.807) is 36.5 Å². The molecule has 5 aromatic heterocycles. The number of hydrogen-bond acceptors (Lipinski definition) is 9. The number of anilines is 1. The first-order chi connectivity index (χ1) is 20.6. The first kappa shape index (κ1) is 32.1. The van der Waals surface area contributed by atoms with Crippen LogP contribution in [0.4, 0.5) is 5.82 Å². The predicted molar refractivity (Wildman–Crippen MR) is 179 cm³/mol. The third-order valence-corrected chi connectivity index (χ3v) is 11.0. The van der Waals surface area contributed by atoms with E-state index in [2.05, 4.69) is 29.2 Å². The number of halogens is 2. The van der Waals surface area contributed by atoms with Gasteiger partial charge in [0.25, 0.3) is 0 Å². The molecule has 230 valence electrons. The Morgan fingerprint density at radius 3 is 2.18 bits per heavy atom. The molecular weight excluding hydrogens is 661 g/mol. The summed E-state index contributed by atoms with van der Waals surface area (Å²) >= 11 is 15.9. The van der Waals surface area contributed by atoms with E-state index in [1.165, 1.54) is 4.88 Å². The fraction of sp³-hybridized carbons (Fsp3) is 0.233. The molecule has 1 aromatic carbocycles. The van der Waals surface area contributed by atoms with Crippen LogP contribution >= 0.6 is 45.9 Å². The molecule has 9 nitrogen and oxygen atoms in total. The summed E-state index contributed by atoms with van der Waals surface area (Å²) in [7, 11) is -4.43. The van der Waals surface area contributed by atoms with E-state index in [0.29, 0.717) is 38.4 Å². The van der Waals surface area contributed by atoms with Crippen LogP contribution in [0.5, 0.6) is 0 Å². The number of thiophene rings is 2. The highest BCUT2D eigenvalue weighted by atomic mass is 35.5. The Morgan fingerprint density at radius 2 is 1.66 bits per heavy atom. The highest BCUT2D eigenvalue weighted by molar-refractivity contribution is 7.88. The minimum Gasteiger partial charge on any atom is -0.381 e. The van der Waals surface area contributed by atoms with Crippen LogP contribution in [0.25, 0.3) is 32.6 Å². The molecule has 14 heteroatoms. The quantitative estimate of drug-likeness (QED) is 0.172. The Hall–Kier alpha value is -3.26. The Labute approximate surface area is 273 Å². The number of pyridine rings is 1. The summed E-state index contributed by atoms with van der Waals surface area (Å²) in [5.74, 6) is 1.28. The second-order valence-corrected chi connectivity index (χ2v) is 15.4. The molecule has 0 aliphatic rings. The molecule has 0 spiro atoms. The van der Waals surface area contributed by atoms with E-state index in [-0.39, 0.29) is 4.21 Å². The lowest BCUT2D eigenvalue weighted by atomic mass is 10.1. The molecule has 0 atom stereocenters. The van der Waals surface area contributed by atoms with Crippen LogP contribution in [0, 0.1) is 41.5 Å². The van der Waals surface area contributed by atoms with Crippen molar-refractivity contribution in [3.63, 3.8) is 0 Å². The molecule has 0 saturated carbocycles. The number of hydrogen-bond donors (Lipinski definition) is 2. The van der Waals surface area contributed by atoms with E-state index in [9.17, 15) is 13.0 Å². The van der Waals surface area contributed by atoms with Gasteiger partial charge in [0.15, 0.2) is 10.0 Å². The highest BCUT2D eigenvalue weighted by Gasteiger charge is 2.24. The molecule has 6 aromatic rings. The molecule has 0 aliphatic carbocycles. The molecule has 0 saturated heterocycles. The van der Waals surface area contributed by atoms with E-state index in [0.717, 1.165) is 61.1 Å². The van der Waals surface area contributed by atoms with Crippen molar-refractivity contribution in [3.8, 4) is 21.7 Å². The van der Waals surface area contributed by atoms with Crippen molar-refractivity contribution in [2.24, 2.45) is 0 Å². The first-order valence-corrected chi connectivity index (χ1v) is 17.1. The zero-order valence-corrected chi connectivity index (χ0v) is 28.7. The summed E-state index contributed by atoms with van der Waals surface area (Å²) < 4.78 is 40.0. The van der Waals surface area contributed by atoms with Crippen molar-refractivity contribution < 1.29 is 17.5 Å². The van der Waals surface area contributed by atoms with Gasteiger partial charge in [0, 0.05) is 37.8 Å². The molecule has 0 radical (unpaired) electrons. The molecule has 6 rings (SSSR count). The van der Waals surface area contributed by atoms with Crippen LogP contribution in [0.1, 0.15) is 38.0 Å². The minimum absolute atomic E-state index is 0.177. The van der Waals surface area contributed by atoms with Crippen molar-refractivity contribution in [2.75, 3.05) is 5.73 Å². The highest BCUT2D eigenvalue weighted by Crippen LogP contribution is 2.43. The summed E-state index contributed by atoms with van der Waals surface area (Å²) in [6, 6.07) is 11.3. The number of fused-ring (bicyclic) bond motifs is 1. The summed E-state index contributed by atoms with van der Waals surface area (Å²) in [4.78, 5) is 7.65. The van der Waals surface area contributed by atoms with Crippen LogP contribution in [0.2, 0.25) is 10.0 Å². The van der Waals surface area contributed by atoms with Gasteiger partial charge in [0.1, 0.15) is 11.5 Å². The fourth-order valence-corrected chi connectivity index (χ4v) is 8.41. The minimum atomic E-state index is -4.43. The predicted octanol–water partition coefficient (Wildman–Crippen LogP) is 8.60. The lowest BCUT2D eigenvalue weighted by molar-refractivity contribution is 0.399. The number of nitrogens with two attached hydrogens (primary N) is 1. The Bertz CT molecular complexity index is 2100. The Balaban J connectivity index is 0.000000418. The van der Waals surface area contributed by atoms with Gasteiger partial charge in [-0.2, -0.15) is 13.5 Å². The Morgan fingerprint density at radius 1 is 0.977 bits per heavy atom. The Kier molecular flexibility index (Phi) is 8.96. The van der Waals surface area contributed by atoms with Gasteiger partial charge in [-0.05, 0) is 83.5 Å². The van der Waals surface area contributed by atoms with Crippen molar-refractivity contribution in [1.82, 2.24) is 19.9 Å². The summed E-state index contributed by atoms with van der Waals surface area (Å²) in [5.41, 5.74) is 11.4. The maximum absolute atomic E-state index is 11.9. The number of aryl methyl sites for hydroxylation is 5. The molecule has 3 N–H and O–H groups in total. The third-order valence-electron chi connectivity index (χ3n) is 6.97. The summed E-state index contributed by atoms with van der Waals surface area (Å²) in [6.45, 7) is 11.9. The largest absolute Gasteiger partial charge is 0.381 e. The van der Waals surface area contributed by atoms with Crippen LogP contribution in [0.3, 0.4) is 0 Å². The van der Waals surface area contributed by atoms with E-state index in [1.807, 2.05) is 38.4 Å². The number of aromatic nitrogens is 4. The van der Waals surface area contributed by atoms with Gasteiger partial charge >= 0.3 is 10.1 Å². The summed E-state index contributed by atoms with van der Waals surface area (Å²) in [6.07, 6.45) is 0. The van der Waals surface area contributed by atoms with Crippen molar-refractivity contribution in [2.45, 2.75) is 52.3 Å². The molecule has 0 fully saturated rings. The molecule has 0 aliphatic heterocycles. The van der Waals surface area contributed by atoms with E-state index >= 15 is 0 Å². The van der Waals surface area contributed by atoms with Crippen molar-refractivity contribution in [1.29, 1.82) is 0 Å². The van der Waals surface area contributed by atoms with Gasteiger partial charge in [0.05, 0.1) is 32.4 Å². The molecule has 44 heavy (non-hydrogen) atoms. The maximum atomic E-state index is 11.9. The van der Waals surface area contributed by atoms with Gasteiger partial charge in [-0.15, -0.1) is 22.7 Å². The zero-order chi connectivity index (χ0) is 32.1. The van der Waals surface area contributed by atoms with Gasteiger partial charge in [0.2, 0.25) is 0 Å². The van der Waals surface area contributed by atoms with Crippen LogP contribution in [-0.2, 0) is 16.7 Å². The normalized spacial score (nSPS) is 11.7. The van der Waals surface area contributed by atoms with E-state index in [4.69, 9.17) is 38.6 Å². The topological polar surface area (TPSA) is 137 Å². The van der Waals surface area contributed by atoms with Crippen LogP contribution < -0.4 is 5.73 Å². The van der Waals surface area contributed by atoms with Gasteiger partial charge in [-0.25, -0.2) is 0 Å². The van der Waals surface area contributed by atoms with Crippen molar-refractivity contribution in [3.05, 3.63) is 84.5 Å². The third kappa shape index (κ3) is 6.42. The average molecular weight is 691 g/mol. The van der Waals surface area contributed by atoms with Gasteiger partial charge in [-0.3, -0.25) is 14.2 Å². The summed E-state index contributed by atoms with van der Waals surface area (Å²) in [5, 5.41) is 10.1. The lowest BCUT2D eigenvalue weighted by Crippen LogP contribution is -2.03. The molecule has 0 bridgehead atoms. The molecular formula is C30H29Cl2N5O4S3. The van der Waals surface area contributed by atoms with Gasteiger partial charge < -0.3 is 10.3 Å². The van der Waals surface area contributed by atoms with Crippen LogP contribution in [0.15, 0.2) is 45.1 Å². The monoisotopic (exact) mass is 689 g/mol. The lowest BCUT2D eigenvalue weighted by Gasteiger charge is -2.11. The van der Waals surface area contributed by atoms with Crippen molar-refractivity contribution >= 4 is 72.7 Å². The molecule has 0 amide bonds. The zero-order valence-electron chi connectivity index (χ0n) is 24.7. The second-order valence-electron chi connectivity index (χ2n) is 10.4. The van der Waals surface area contributed by atoms with Crippen LogP contribution in [-0.4, -0.2) is 32.9 Å². The number of benzene rings is 1. The SMILES string of the molecule is Cc1cc2c(c(C)n1)c(-c1ccc(C)s1)nn2Cc1cc(Cl)c(-c2cc(C)sc2S(=O)(=O)O)c(Cl)c1.Cc1onc(N)c1C. The maximum Gasteiger partial charge on any atom is 0.304 e. The molecule has 5 heterocycles. The number of nitrogen functional groups attached to an aromatic ring is 1. The standard InChI is InChI=1S/C25H21Cl2N3O3S3.C5H8N2O/c1-12-7-20-22(15(4)28-12)24(21-6-5-13(2)34-21)29-30(20)11-16-9-18(26)23(19(27)10-16)17-8-14(3)35-25(17)36(31,32)33;1-3-4(2)8-7-5(3)6/h5-10H,11H2,1-4H3,(H,31,32,33);1-2H3,(H2,6,7). The average Bonchev–Trinajstić information content (AvgIpc) is 3.68. The smallest absolute Gasteiger partial charge is 0.304 e. The first-order valence-electron chi connectivity index (χ1n) is 13.3. The number of rotatable bonds is 5.